The molecule has 0 spiro atoms. The summed E-state index contributed by atoms with van der Waals surface area (Å²) >= 11 is 0. The summed E-state index contributed by atoms with van der Waals surface area (Å²) in [4.78, 5) is 2.52. The first-order chi connectivity index (χ1) is 33.7. The molecule has 314 valence electrons. The van der Waals surface area contributed by atoms with Gasteiger partial charge in [0.25, 0.3) is 0 Å². The Morgan fingerprint density at radius 2 is 0.941 bits per heavy atom. The molecule has 0 amide bonds. The second-order valence-corrected chi connectivity index (χ2v) is 18.4. The van der Waals surface area contributed by atoms with Crippen LogP contribution in [0, 0.1) is 0 Å². The number of hydrogen-bond acceptors (Lipinski definition) is 2. The van der Waals surface area contributed by atoms with Gasteiger partial charge in [-0.05, 0) is 132 Å². The SMILES string of the molecule is c1ccc(-c2cccc(N3c4cc(-c5ccccc5)ccc4B4c5c(cc6c(oc7cc8ccccc8cc76)c53)-c3cc(-c5ccccc5)cc5c6cc(-c7ccccc7)ccc6n4c35)c2)cc1. The molecule has 2 aliphatic rings. The van der Waals surface area contributed by atoms with Crippen LogP contribution in [0.3, 0.4) is 0 Å². The molecule has 0 fully saturated rings. The second kappa shape index (κ2) is 14.3. The van der Waals surface area contributed by atoms with E-state index in [-0.39, 0.29) is 6.85 Å². The first-order valence-corrected chi connectivity index (χ1v) is 23.5. The molecule has 3 nitrogen and oxygen atoms in total. The quantitative estimate of drug-likeness (QED) is 0.161. The van der Waals surface area contributed by atoms with Gasteiger partial charge in [-0.15, -0.1) is 0 Å². The average Bonchev–Trinajstić information content (AvgIpc) is 3.94. The lowest BCUT2D eigenvalue weighted by Crippen LogP contribution is -2.56. The van der Waals surface area contributed by atoms with Gasteiger partial charge in [-0.2, -0.15) is 0 Å². The summed E-state index contributed by atoms with van der Waals surface area (Å²) in [5.74, 6) is 0. The van der Waals surface area contributed by atoms with E-state index in [1.807, 2.05) is 0 Å². The molecule has 4 heterocycles. The minimum Gasteiger partial charge on any atom is -0.454 e. The minimum absolute atomic E-state index is 0.164. The highest BCUT2D eigenvalue weighted by Crippen LogP contribution is 2.51. The number of furan rings is 1. The number of nitrogens with zero attached hydrogens (tertiary/aromatic N) is 2. The van der Waals surface area contributed by atoms with Gasteiger partial charge in [0.15, 0.2) is 5.58 Å². The Labute approximate surface area is 393 Å². The summed E-state index contributed by atoms with van der Waals surface area (Å²) in [6.07, 6.45) is 0. The molecule has 0 saturated heterocycles. The van der Waals surface area contributed by atoms with Gasteiger partial charge in [-0.3, -0.25) is 0 Å². The van der Waals surface area contributed by atoms with Gasteiger partial charge in [-0.25, -0.2) is 0 Å². The van der Waals surface area contributed by atoms with Crippen molar-refractivity contribution < 1.29 is 4.42 Å². The van der Waals surface area contributed by atoms with Gasteiger partial charge >= 0.3 is 6.85 Å². The molecule has 4 heteroatoms. The second-order valence-electron chi connectivity index (χ2n) is 18.4. The average molecular weight is 863 g/mol. The summed E-state index contributed by atoms with van der Waals surface area (Å²) in [6, 6.07) is 87.1. The van der Waals surface area contributed by atoms with Crippen LogP contribution in [0.1, 0.15) is 0 Å². The van der Waals surface area contributed by atoms with Crippen LogP contribution in [-0.4, -0.2) is 11.3 Å². The highest BCUT2D eigenvalue weighted by atomic mass is 16.3. The van der Waals surface area contributed by atoms with Gasteiger partial charge in [0.2, 0.25) is 0 Å². The van der Waals surface area contributed by atoms with Crippen LogP contribution in [0.25, 0.3) is 110 Å². The van der Waals surface area contributed by atoms with E-state index in [1.165, 1.54) is 88.2 Å². The summed E-state index contributed by atoms with van der Waals surface area (Å²) in [6.45, 7) is -0.164. The van der Waals surface area contributed by atoms with E-state index < -0.39 is 0 Å². The molecule has 13 aromatic rings. The fraction of sp³-hybridized carbons (Fsp3) is 0. The van der Waals surface area contributed by atoms with Crippen molar-refractivity contribution in [3.8, 4) is 55.6 Å². The fourth-order valence-electron chi connectivity index (χ4n) is 11.6. The molecule has 0 saturated carbocycles. The molecule has 15 rings (SSSR count). The van der Waals surface area contributed by atoms with E-state index in [0.29, 0.717) is 0 Å². The Kier molecular flexibility index (Phi) is 7.87. The van der Waals surface area contributed by atoms with Crippen molar-refractivity contribution >= 4 is 89.4 Å². The molecule has 0 radical (unpaired) electrons. The van der Waals surface area contributed by atoms with Crippen molar-refractivity contribution in [2.24, 2.45) is 0 Å². The Morgan fingerprint density at radius 1 is 0.368 bits per heavy atom. The van der Waals surface area contributed by atoms with Gasteiger partial charge in [0, 0.05) is 49.5 Å². The molecule has 0 N–H and O–H groups in total. The Hall–Kier alpha value is -8.86. The molecule has 11 aromatic carbocycles. The Bertz CT molecular complexity index is 4190. The number of benzene rings is 11. The summed E-state index contributed by atoms with van der Waals surface area (Å²) < 4.78 is 10.0. The third kappa shape index (κ3) is 5.43. The van der Waals surface area contributed by atoms with Crippen LogP contribution >= 0.6 is 0 Å². The third-order valence-corrected chi connectivity index (χ3v) is 14.7. The van der Waals surface area contributed by atoms with Gasteiger partial charge < -0.3 is 13.8 Å². The third-order valence-electron chi connectivity index (χ3n) is 14.7. The topological polar surface area (TPSA) is 21.3 Å². The first kappa shape index (κ1) is 37.4. The molecule has 68 heavy (non-hydrogen) atoms. The van der Waals surface area contributed by atoms with Crippen LogP contribution < -0.4 is 15.8 Å². The lowest BCUT2D eigenvalue weighted by atomic mass is 9.45. The lowest BCUT2D eigenvalue weighted by molar-refractivity contribution is 0.670. The zero-order chi connectivity index (χ0) is 44.5. The van der Waals surface area contributed by atoms with Crippen molar-refractivity contribution in [2.45, 2.75) is 0 Å². The van der Waals surface area contributed by atoms with E-state index in [1.54, 1.807) is 0 Å². The van der Waals surface area contributed by atoms with Gasteiger partial charge in [0.05, 0.1) is 5.69 Å². The standard InChI is InChI=1S/C64H39BN2O/c1-5-16-40(17-6-1)44-26-15-27-50(32-44)66-59-37-48(42-20-9-3-10-21-42)28-30-57(59)65-61-53(39-56-52-34-45-24-13-14-25-46(45)38-60(52)68-64(56)63(61)66)55-36-49(43-22-11-4-12-23-43)35-54-51-33-47(41-18-7-2-8-19-41)29-31-58(51)67(65)62(54)55/h1-39H. The Morgan fingerprint density at radius 3 is 1.63 bits per heavy atom. The van der Waals surface area contributed by atoms with Crippen LogP contribution in [-0.2, 0) is 0 Å². The van der Waals surface area contributed by atoms with Crippen LogP contribution in [0.15, 0.2) is 241 Å². The normalized spacial score (nSPS) is 12.6. The number of fused-ring (bicyclic) bond motifs is 12. The number of rotatable bonds is 5. The number of anilines is 3. The Balaban J connectivity index is 1.12. The molecule has 2 aliphatic heterocycles. The highest BCUT2D eigenvalue weighted by Gasteiger charge is 2.45. The summed E-state index contributed by atoms with van der Waals surface area (Å²) in [7, 11) is 0. The van der Waals surface area contributed by atoms with Crippen molar-refractivity contribution in [1.29, 1.82) is 0 Å². The fourth-order valence-corrected chi connectivity index (χ4v) is 11.6. The largest absolute Gasteiger partial charge is 0.454 e. The van der Waals surface area contributed by atoms with E-state index in [2.05, 4.69) is 246 Å². The van der Waals surface area contributed by atoms with E-state index in [4.69, 9.17) is 4.42 Å². The molecule has 0 bridgehead atoms. The van der Waals surface area contributed by atoms with E-state index >= 15 is 0 Å². The predicted octanol–water partition coefficient (Wildman–Crippen LogP) is 15.9. The molecular formula is C64H39BN2O. The maximum atomic E-state index is 7.36. The van der Waals surface area contributed by atoms with Crippen molar-refractivity contribution in [3.05, 3.63) is 237 Å². The van der Waals surface area contributed by atoms with Crippen LogP contribution in [0.4, 0.5) is 17.1 Å². The summed E-state index contributed by atoms with van der Waals surface area (Å²) in [5.41, 5.74) is 22.0. The van der Waals surface area contributed by atoms with Gasteiger partial charge in [0.1, 0.15) is 5.58 Å². The lowest BCUT2D eigenvalue weighted by Gasteiger charge is -2.40. The van der Waals surface area contributed by atoms with Crippen LogP contribution in [0.5, 0.6) is 0 Å². The molecule has 0 unspecified atom stereocenters. The minimum atomic E-state index is -0.164. The predicted molar refractivity (Wildman–Crippen MR) is 287 cm³/mol. The molecule has 2 aromatic heterocycles. The zero-order valence-electron chi connectivity index (χ0n) is 36.9. The summed E-state index contributed by atoms with van der Waals surface area (Å²) in [5, 5.41) is 7.08. The van der Waals surface area contributed by atoms with Crippen molar-refractivity contribution in [2.75, 3.05) is 4.90 Å². The molecule has 0 aliphatic carbocycles. The smallest absolute Gasteiger partial charge is 0.333 e. The van der Waals surface area contributed by atoms with Crippen molar-refractivity contribution in [3.63, 3.8) is 0 Å². The molecule has 0 atom stereocenters. The van der Waals surface area contributed by atoms with Crippen LogP contribution in [0.2, 0.25) is 0 Å². The maximum Gasteiger partial charge on any atom is 0.333 e. The first-order valence-electron chi connectivity index (χ1n) is 23.5. The van der Waals surface area contributed by atoms with Gasteiger partial charge in [-0.1, -0.05) is 176 Å². The number of hydrogen-bond donors (Lipinski definition) is 0. The highest BCUT2D eigenvalue weighted by molar-refractivity contribution is 6.90. The van der Waals surface area contributed by atoms with Crippen molar-refractivity contribution in [1.82, 2.24) is 4.48 Å². The number of aromatic nitrogens is 1. The monoisotopic (exact) mass is 862 g/mol. The maximum absolute atomic E-state index is 7.36. The van der Waals surface area contributed by atoms with E-state index in [9.17, 15) is 0 Å². The molecular weight excluding hydrogens is 824 g/mol. The zero-order valence-corrected chi connectivity index (χ0v) is 36.9. The van der Waals surface area contributed by atoms with E-state index in [0.717, 1.165) is 50.0 Å².